The van der Waals surface area contributed by atoms with Crippen molar-refractivity contribution in [1.82, 2.24) is 15.3 Å². The van der Waals surface area contributed by atoms with E-state index in [1.807, 2.05) is 0 Å². The predicted molar refractivity (Wildman–Crippen MR) is 68.6 cm³/mol. The molecule has 0 radical (unpaired) electrons. The van der Waals surface area contributed by atoms with Crippen LogP contribution in [0.4, 0.5) is 0 Å². The molecule has 1 rings (SSSR count). The molecule has 0 bridgehead atoms. The standard InChI is InChI=1S/C12H20N4O2/c1-8(16-12(3,18-4)9(2)17)11(13)5-10-6-14-7-15-10/h6-7,11,16H,1,5,13H2,2-4H3,(H,14,15)/t11-,12?/m0/s1. The zero-order chi connectivity index (χ0) is 13.8. The molecule has 1 aromatic rings. The minimum Gasteiger partial charge on any atom is -0.354 e. The van der Waals surface area contributed by atoms with Crippen LogP contribution in [-0.4, -0.2) is 34.6 Å². The van der Waals surface area contributed by atoms with E-state index in [2.05, 4.69) is 21.9 Å². The zero-order valence-electron chi connectivity index (χ0n) is 11.0. The van der Waals surface area contributed by atoms with Crippen molar-refractivity contribution in [2.24, 2.45) is 5.73 Å². The molecule has 1 aromatic heterocycles. The number of hydrogen-bond donors (Lipinski definition) is 3. The van der Waals surface area contributed by atoms with Crippen LogP contribution in [0.25, 0.3) is 0 Å². The number of aromatic nitrogens is 2. The molecule has 0 saturated carbocycles. The molecule has 0 fully saturated rings. The summed E-state index contributed by atoms with van der Waals surface area (Å²) in [5, 5.41) is 2.93. The number of hydrogen-bond acceptors (Lipinski definition) is 5. The number of imidazole rings is 1. The van der Waals surface area contributed by atoms with Crippen molar-refractivity contribution in [2.75, 3.05) is 7.11 Å². The van der Waals surface area contributed by atoms with Crippen molar-refractivity contribution >= 4 is 5.78 Å². The molecule has 0 aromatic carbocycles. The molecule has 0 saturated heterocycles. The normalized spacial score (nSPS) is 15.8. The number of ether oxygens (including phenoxy) is 1. The maximum atomic E-state index is 11.5. The lowest BCUT2D eigenvalue weighted by molar-refractivity contribution is -0.139. The second-order valence-electron chi connectivity index (χ2n) is 4.33. The lowest BCUT2D eigenvalue weighted by Crippen LogP contribution is -2.52. The summed E-state index contributed by atoms with van der Waals surface area (Å²) in [5.74, 6) is -0.139. The topological polar surface area (TPSA) is 93.0 Å². The van der Waals surface area contributed by atoms with Gasteiger partial charge in [0.05, 0.1) is 6.33 Å². The van der Waals surface area contributed by atoms with E-state index in [9.17, 15) is 4.79 Å². The second kappa shape index (κ2) is 5.79. The number of carbonyl (C=O) groups excluding carboxylic acids is 1. The van der Waals surface area contributed by atoms with Crippen molar-refractivity contribution in [2.45, 2.75) is 32.0 Å². The summed E-state index contributed by atoms with van der Waals surface area (Å²) >= 11 is 0. The average molecular weight is 252 g/mol. The summed E-state index contributed by atoms with van der Waals surface area (Å²) in [6.45, 7) is 6.94. The highest BCUT2D eigenvalue weighted by Crippen LogP contribution is 2.11. The summed E-state index contributed by atoms with van der Waals surface area (Å²) in [7, 11) is 1.46. The van der Waals surface area contributed by atoms with Crippen LogP contribution in [0.3, 0.4) is 0 Å². The van der Waals surface area contributed by atoms with Crippen molar-refractivity contribution < 1.29 is 9.53 Å². The third-order valence-electron chi connectivity index (χ3n) is 2.92. The summed E-state index contributed by atoms with van der Waals surface area (Å²) in [6.07, 6.45) is 3.85. The smallest absolute Gasteiger partial charge is 0.194 e. The van der Waals surface area contributed by atoms with Crippen molar-refractivity contribution in [3.8, 4) is 0 Å². The molecule has 2 atom stereocenters. The maximum Gasteiger partial charge on any atom is 0.194 e. The number of H-pyrrole nitrogens is 1. The number of Topliss-reactive ketones (excluding diaryl/α,β-unsaturated/α-hetero) is 1. The van der Waals surface area contributed by atoms with E-state index in [0.717, 1.165) is 5.69 Å². The van der Waals surface area contributed by atoms with E-state index in [1.165, 1.54) is 14.0 Å². The van der Waals surface area contributed by atoms with Crippen LogP contribution in [0.1, 0.15) is 19.5 Å². The lowest BCUT2D eigenvalue weighted by atomic mass is 10.1. The molecule has 18 heavy (non-hydrogen) atoms. The molecule has 100 valence electrons. The number of nitrogens with two attached hydrogens (primary N) is 1. The minimum atomic E-state index is -1.09. The first-order chi connectivity index (χ1) is 8.39. The summed E-state index contributed by atoms with van der Waals surface area (Å²) in [5.41, 5.74) is 6.35. The number of nitrogens with one attached hydrogen (secondary N) is 2. The number of nitrogens with zero attached hydrogens (tertiary/aromatic N) is 1. The van der Waals surface area contributed by atoms with Gasteiger partial charge in [-0.25, -0.2) is 4.98 Å². The van der Waals surface area contributed by atoms with Gasteiger partial charge in [0.15, 0.2) is 11.5 Å². The Hall–Kier alpha value is -1.66. The summed E-state index contributed by atoms with van der Waals surface area (Å²) in [4.78, 5) is 18.4. The third kappa shape index (κ3) is 3.41. The second-order valence-corrected chi connectivity index (χ2v) is 4.33. The molecule has 0 aliphatic heterocycles. The van der Waals surface area contributed by atoms with Crippen molar-refractivity contribution in [3.63, 3.8) is 0 Å². The molecular formula is C12H20N4O2. The Morgan fingerprint density at radius 2 is 2.44 bits per heavy atom. The Bertz CT molecular complexity index is 416. The molecule has 0 aliphatic rings. The first kappa shape index (κ1) is 14.4. The minimum absolute atomic E-state index is 0.139. The molecule has 6 heteroatoms. The number of methoxy groups -OCH3 is 1. The van der Waals surface area contributed by atoms with E-state index in [0.29, 0.717) is 12.1 Å². The highest BCUT2D eigenvalue weighted by Gasteiger charge is 2.30. The monoisotopic (exact) mass is 252 g/mol. The highest BCUT2D eigenvalue weighted by atomic mass is 16.5. The largest absolute Gasteiger partial charge is 0.354 e. The Labute approximate surface area is 107 Å². The van der Waals surface area contributed by atoms with Gasteiger partial charge in [-0.15, -0.1) is 0 Å². The zero-order valence-corrected chi connectivity index (χ0v) is 11.0. The molecule has 6 nitrogen and oxygen atoms in total. The van der Waals surface area contributed by atoms with E-state index in [4.69, 9.17) is 10.5 Å². The van der Waals surface area contributed by atoms with Crippen LogP contribution >= 0.6 is 0 Å². The van der Waals surface area contributed by atoms with Crippen LogP contribution in [-0.2, 0) is 16.0 Å². The van der Waals surface area contributed by atoms with Gasteiger partial charge < -0.3 is 20.8 Å². The fraction of sp³-hybridized carbons (Fsp3) is 0.500. The van der Waals surface area contributed by atoms with Crippen LogP contribution in [0.15, 0.2) is 24.8 Å². The van der Waals surface area contributed by atoms with Gasteiger partial charge in [0.2, 0.25) is 0 Å². The van der Waals surface area contributed by atoms with Crippen molar-refractivity contribution in [1.29, 1.82) is 0 Å². The van der Waals surface area contributed by atoms with Gasteiger partial charge in [0.1, 0.15) is 0 Å². The molecular weight excluding hydrogens is 232 g/mol. The van der Waals surface area contributed by atoms with Gasteiger partial charge in [-0.1, -0.05) is 6.58 Å². The van der Waals surface area contributed by atoms with Gasteiger partial charge in [0.25, 0.3) is 0 Å². The fourth-order valence-corrected chi connectivity index (χ4v) is 1.44. The Balaban J connectivity index is 2.62. The average Bonchev–Trinajstić information content (AvgIpc) is 2.81. The molecule has 0 amide bonds. The number of aromatic amines is 1. The number of ketones is 1. The van der Waals surface area contributed by atoms with E-state index in [-0.39, 0.29) is 11.8 Å². The first-order valence-electron chi connectivity index (χ1n) is 5.65. The molecule has 1 unspecified atom stereocenters. The Morgan fingerprint density at radius 3 is 2.89 bits per heavy atom. The highest BCUT2D eigenvalue weighted by molar-refractivity contribution is 5.84. The molecule has 0 spiro atoms. The van der Waals surface area contributed by atoms with Gasteiger partial charge in [0, 0.05) is 37.2 Å². The fourth-order valence-electron chi connectivity index (χ4n) is 1.44. The van der Waals surface area contributed by atoms with Crippen LogP contribution in [0.2, 0.25) is 0 Å². The SMILES string of the molecule is C=C(NC(C)(OC)C(C)=O)[C@@H](N)Cc1cnc[nH]1. The van der Waals surface area contributed by atoms with Crippen LogP contribution in [0.5, 0.6) is 0 Å². The van der Waals surface area contributed by atoms with Gasteiger partial charge in [-0.3, -0.25) is 4.79 Å². The lowest BCUT2D eigenvalue weighted by Gasteiger charge is -2.30. The van der Waals surface area contributed by atoms with E-state index >= 15 is 0 Å². The number of carbonyl (C=O) groups is 1. The van der Waals surface area contributed by atoms with E-state index in [1.54, 1.807) is 19.4 Å². The number of rotatable bonds is 7. The Kier molecular flexibility index (Phi) is 4.63. The molecule has 4 N–H and O–H groups in total. The quantitative estimate of drug-likeness (QED) is 0.608. The predicted octanol–water partition coefficient (Wildman–Crippen LogP) is 0.334. The van der Waals surface area contributed by atoms with Crippen LogP contribution < -0.4 is 11.1 Å². The van der Waals surface area contributed by atoms with Gasteiger partial charge >= 0.3 is 0 Å². The first-order valence-corrected chi connectivity index (χ1v) is 5.65. The van der Waals surface area contributed by atoms with E-state index < -0.39 is 5.72 Å². The molecule has 0 aliphatic carbocycles. The van der Waals surface area contributed by atoms with Gasteiger partial charge in [-0.05, 0) is 13.8 Å². The summed E-state index contributed by atoms with van der Waals surface area (Å²) < 4.78 is 5.16. The summed E-state index contributed by atoms with van der Waals surface area (Å²) in [6, 6.07) is -0.334. The van der Waals surface area contributed by atoms with Crippen LogP contribution in [0, 0.1) is 0 Å². The van der Waals surface area contributed by atoms with Gasteiger partial charge in [-0.2, -0.15) is 0 Å². The molecule has 1 heterocycles. The maximum absolute atomic E-state index is 11.5. The Morgan fingerprint density at radius 1 is 1.78 bits per heavy atom. The third-order valence-corrected chi connectivity index (χ3v) is 2.92. The van der Waals surface area contributed by atoms with Crippen molar-refractivity contribution in [3.05, 3.63) is 30.5 Å².